The Hall–Kier alpha value is -2.23. The van der Waals surface area contributed by atoms with Crippen LogP contribution < -0.4 is 10.5 Å². The van der Waals surface area contributed by atoms with Crippen LogP contribution in [-0.2, 0) is 16.4 Å². The number of amides is 1. The Labute approximate surface area is 143 Å². The van der Waals surface area contributed by atoms with Crippen molar-refractivity contribution >= 4 is 32.2 Å². The second kappa shape index (κ2) is 6.34. The minimum absolute atomic E-state index is 0.0729. The normalized spacial score (nSPS) is 11.8. The zero-order valence-electron chi connectivity index (χ0n) is 12.9. The zero-order chi connectivity index (χ0) is 17.3. The number of aromatic nitrogens is 2. The summed E-state index contributed by atoms with van der Waals surface area (Å²) in [6.07, 6.45) is 2.30. The summed E-state index contributed by atoms with van der Waals surface area (Å²) in [4.78, 5) is 17.3. The van der Waals surface area contributed by atoms with E-state index in [0.29, 0.717) is 18.7 Å². The Morgan fingerprint density at radius 1 is 1.33 bits per heavy atom. The number of primary sulfonamides is 1. The minimum Gasteiger partial charge on any atom is -0.350 e. The van der Waals surface area contributed by atoms with Gasteiger partial charge in [-0.05, 0) is 31.0 Å². The first-order valence-corrected chi connectivity index (χ1v) is 9.60. The molecule has 1 amide bonds. The second-order valence-electron chi connectivity index (χ2n) is 5.35. The second-order valence-corrected chi connectivity index (χ2v) is 7.75. The van der Waals surface area contributed by atoms with Crippen LogP contribution in [0.1, 0.15) is 21.7 Å². The maximum Gasteiger partial charge on any atom is 0.271 e. The van der Waals surface area contributed by atoms with Crippen LogP contribution in [0.15, 0.2) is 40.7 Å². The largest absolute Gasteiger partial charge is 0.350 e. The number of carbonyl (C=O) groups is 1. The van der Waals surface area contributed by atoms with Gasteiger partial charge in [0.05, 0.1) is 4.90 Å². The number of imidazole rings is 1. The van der Waals surface area contributed by atoms with Crippen molar-refractivity contribution in [1.82, 2.24) is 14.7 Å². The van der Waals surface area contributed by atoms with E-state index in [0.717, 1.165) is 16.2 Å². The van der Waals surface area contributed by atoms with Gasteiger partial charge in [-0.1, -0.05) is 12.1 Å². The Kier molecular flexibility index (Phi) is 4.39. The predicted molar refractivity (Wildman–Crippen MR) is 91.7 cm³/mol. The summed E-state index contributed by atoms with van der Waals surface area (Å²) in [6, 6.07) is 6.28. The van der Waals surface area contributed by atoms with Crippen LogP contribution in [0.2, 0.25) is 0 Å². The summed E-state index contributed by atoms with van der Waals surface area (Å²) >= 11 is 1.49. The molecule has 0 bridgehead atoms. The van der Waals surface area contributed by atoms with Crippen molar-refractivity contribution in [2.45, 2.75) is 18.2 Å². The molecule has 0 aliphatic carbocycles. The molecule has 0 unspecified atom stereocenters. The standard InChI is InChI=1S/C15H16N4O3S2/c1-10-9-23-15-18-13(8-19(10)15)14(20)17-7-6-11-2-4-12(5-3-11)24(16,21)22/h2-5,8-9H,6-7H2,1H3,(H,17,20)(H2,16,21,22). The minimum atomic E-state index is -3.68. The van der Waals surface area contributed by atoms with E-state index in [9.17, 15) is 13.2 Å². The molecule has 2 heterocycles. The van der Waals surface area contributed by atoms with E-state index in [4.69, 9.17) is 5.14 Å². The number of fused-ring (bicyclic) bond motifs is 1. The first-order chi connectivity index (χ1) is 11.3. The zero-order valence-corrected chi connectivity index (χ0v) is 14.5. The molecule has 0 aliphatic rings. The lowest BCUT2D eigenvalue weighted by molar-refractivity contribution is 0.0950. The van der Waals surface area contributed by atoms with Crippen molar-refractivity contribution in [2.24, 2.45) is 5.14 Å². The average Bonchev–Trinajstić information content (AvgIpc) is 3.09. The SMILES string of the molecule is Cc1csc2nc(C(=O)NCCc3ccc(S(N)(=O)=O)cc3)cn12. The van der Waals surface area contributed by atoms with Gasteiger partial charge in [0.2, 0.25) is 10.0 Å². The predicted octanol–water partition coefficient (Wildman–Crippen LogP) is 1.32. The van der Waals surface area contributed by atoms with E-state index in [-0.39, 0.29) is 10.8 Å². The molecule has 3 aromatic rings. The molecule has 7 nitrogen and oxygen atoms in total. The molecule has 126 valence electrons. The molecule has 0 atom stereocenters. The number of thiazole rings is 1. The number of sulfonamides is 1. The van der Waals surface area contributed by atoms with E-state index >= 15 is 0 Å². The number of carbonyl (C=O) groups excluding carboxylic acids is 1. The van der Waals surface area contributed by atoms with Crippen LogP contribution in [0, 0.1) is 6.92 Å². The van der Waals surface area contributed by atoms with Gasteiger partial charge in [0.25, 0.3) is 5.91 Å². The molecule has 0 spiro atoms. The van der Waals surface area contributed by atoms with Gasteiger partial charge in [-0.15, -0.1) is 11.3 Å². The summed E-state index contributed by atoms with van der Waals surface area (Å²) < 4.78 is 24.3. The van der Waals surface area contributed by atoms with Crippen LogP contribution in [0.4, 0.5) is 0 Å². The molecule has 3 rings (SSSR count). The van der Waals surface area contributed by atoms with Gasteiger partial charge in [0.15, 0.2) is 4.96 Å². The van der Waals surface area contributed by atoms with E-state index in [1.807, 2.05) is 16.7 Å². The summed E-state index contributed by atoms with van der Waals surface area (Å²) in [5.41, 5.74) is 2.33. The summed E-state index contributed by atoms with van der Waals surface area (Å²) in [6.45, 7) is 2.38. The molecule has 24 heavy (non-hydrogen) atoms. The summed E-state index contributed by atoms with van der Waals surface area (Å²) in [5, 5.41) is 9.84. The van der Waals surface area contributed by atoms with Crippen LogP contribution in [0.3, 0.4) is 0 Å². The number of hydrogen-bond acceptors (Lipinski definition) is 5. The third-order valence-electron chi connectivity index (χ3n) is 3.57. The first kappa shape index (κ1) is 16.6. The number of nitrogens with one attached hydrogen (secondary N) is 1. The van der Waals surface area contributed by atoms with Gasteiger partial charge in [-0.3, -0.25) is 9.20 Å². The lowest BCUT2D eigenvalue weighted by Gasteiger charge is -2.04. The maximum atomic E-state index is 12.1. The van der Waals surface area contributed by atoms with E-state index in [1.165, 1.54) is 23.5 Å². The molecule has 0 fully saturated rings. The van der Waals surface area contributed by atoms with Gasteiger partial charge in [-0.2, -0.15) is 0 Å². The van der Waals surface area contributed by atoms with Crippen LogP contribution >= 0.6 is 11.3 Å². The van der Waals surface area contributed by atoms with Crippen molar-refractivity contribution in [2.75, 3.05) is 6.54 Å². The Morgan fingerprint density at radius 3 is 2.67 bits per heavy atom. The number of hydrogen-bond donors (Lipinski definition) is 2. The van der Waals surface area contributed by atoms with Crippen molar-refractivity contribution in [3.63, 3.8) is 0 Å². The van der Waals surface area contributed by atoms with Crippen LogP contribution in [0.5, 0.6) is 0 Å². The fraction of sp³-hybridized carbons (Fsp3) is 0.200. The molecular formula is C15H16N4O3S2. The lowest BCUT2D eigenvalue weighted by atomic mass is 10.1. The Morgan fingerprint density at radius 2 is 2.04 bits per heavy atom. The average molecular weight is 364 g/mol. The van der Waals surface area contributed by atoms with Crippen LogP contribution in [-0.4, -0.2) is 30.3 Å². The number of rotatable bonds is 5. The third kappa shape index (κ3) is 3.48. The smallest absolute Gasteiger partial charge is 0.271 e. The first-order valence-electron chi connectivity index (χ1n) is 7.18. The van der Waals surface area contributed by atoms with Gasteiger partial charge in [0.1, 0.15) is 5.69 Å². The maximum absolute atomic E-state index is 12.1. The van der Waals surface area contributed by atoms with Gasteiger partial charge < -0.3 is 5.32 Å². The van der Waals surface area contributed by atoms with Gasteiger partial charge in [0, 0.05) is 23.8 Å². The highest BCUT2D eigenvalue weighted by Gasteiger charge is 2.12. The molecule has 0 saturated carbocycles. The molecule has 2 aromatic heterocycles. The van der Waals surface area contributed by atoms with E-state index < -0.39 is 10.0 Å². The molecule has 0 radical (unpaired) electrons. The quantitative estimate of drug-likeness (QED) is 0.712. The molecule has 0 aliphatic heterocycles. The topological polar surface area (TPSA) is 107 Å². The van der Waals surface area contributed by atoms with Crippen molar-refractivity contribution in [3.05, 3.63) is 52.8 Å². The van der Waals surface area contributed by atoms with E-state index in [2.05, 4.69) is 10.3 Å². The highest BCUT2D eigenvalue weighted by Crippen LogP contribution is 2.15. The molecule has 9 heteroatoms. The van der Waals surface area contributed by atoms with Crippen molar-refractivity contribution in [3.8, 4) is 0 Å². The Bertz CT molecular complexity index is 988. The molecule has 0 saturated heterocycles. The van der Waals surface area contributed by atoms with Crippen LogP contribution in [0.25, 0.3) is 4.96 Å². The van der Waals surface area contributed by atoms with Gasteiger partial charge in [-0.25, -0.2) is 18.5 Å². The summed E-state index contributed by atoms with van der Waals surface area (Å²) in [7, 11) is -3.68. The number of aryl methyl sites for hydroxylation is 1. The third-order valence-corrected chi connectivity index (χ3v) is 5.46. The number of nitrogens with zero attached hydrogens (tertiary/aromatic N) is 2. The monoisotopic (exact) mass is 364 g/mol. The van der Waals surface area contributed by atoms with Crippen molar-refractivity contribution in [1.29, 1.82) is 0 Å². The van der Waals surface area contributed by atoms with Crippen molar-refractivity contribution < 1.29 is 13.2 Å². The lowest BCUT2D eigenvalue weighted by Crippen LogP contribution is -2.26. The summed E-state index contributed by atoms with van der Waals surface area (Å²) in [5.74, 6) is -0.230. The highest BCUT2D eigenvalue weighted by atomic mass is 32.2. The Balaban J connectivity index is 1.58. The van der Waals surface area contributed by atoms with Gasteiger partial charge >= 0.3 is 0 Å². The number of benzene rings is 1. The number of nitrogens with two attached hydrogens (primary N) is 1. The molecule has 1 aromatic carbocycles. The fourth-order valence-electron chi connectivity index (χ4n) is 2.26. The molecular weight excluding hydrogens is 348 g/mol. The fourth-order valence-corrected chi connectivity index (χ4v) is 3.63. The molecule has 3 N–H and O–H groups in total. The van der Waals surface area contributed by atoms with E-state index in [1.54, 1.807) is 18.3 Å². The highest BCUT2D eigenvalue weighted by molar-refractivity contribution is 7.89.